The highest BCUT2D eigenvalue weighted by Crippen LogP contribution is 2.24. The van der Waals surface area contributed by atoms with E-state index in [1.807, 2.05) is 0 Å². The lowest BCUT2D eigenvalue weighted by atomic mass is 10.7. The van der Waals surface area contributed by atoms with Crippen molar-refractivity contribution in [2.75, 3.05) is 6.61 Å². The smallest absolute Gasteiger partial charge is 0.335 e. The molecule has 1 saturated carbocycles. The fourth-order valence-corrected chi connectivity index (χ4v) is 0.416. The van der Waals surface area contributed by atoms with Gasteiger partial charge >= 0.3 is 6.43 Å². The maximum atomic E-state index is 11.2. The van der Waals surface area contributed by atoms with Crippen LogP contribution in [0.1, 0.15) is 12.8 Å². The first kappa shape index (κ1) is 5.95. The van der Waals surface area contributed by atoms with Crippen molar-refractivity contribution < 1.29 is 13.5 Å². The van der Waals surface area contributed by atoms with Gasteiger partial charge in [0.15, 0.2) is 0 Å². The number of hydrogen-bond donors (Lipinski definition) is 0. The molecule has 0 unspecified atom stereocenters. The average Bonchev–Trinajstić information content (AvgIpc) is 2.41. The van der Waals surface area contributed by atoms with Gasteiger partial charge in [0.25, 0.3) is 0 Å². The van der Waals surface area contributed by atoms with E-state index in [2.05, 4.69) is 4.74 Å². The quantitative estimate of drug-likeness (QED) is 0.551. The van der Waals surface area contributed by atoms with Crippen molar-refractivity contribution in [1.29, 1.82) is 0 Å². The molecule has 0 spiro atoms. The van der Waals surface area contributed by atoms with Gasteiger partial charge < -0.3 is 4.74 Å². The van der Waals surface area contributed by atoms with Gasteiger partial charge in [-0.05, 0) is 12.8 Å². The Hall–Kier alpha value is -0.180. The van der Waals surface area contributed by atoms with Crippen LogP contribution >= 0.6 is 0 Å². The molecular formula is C5H7F2O. The number of ether oxygens (including phenoxy) is 1. The van der Waals surface area contributed by atoms with Crippen LogP contribution in [-0.2, 0) is 4.74 Å². The fraction of sp³-hybridized carbons (Fsp3) is 0.800. The zero-order valence-corrected chi connectivity index (χ0v) is 4.36. The van der Waals surface area contributed by atoms with Gasteiger partial charge in [-0.25, -0.2) is 0 Å². The van der Waals surface area contributed by atoms with Crippen molar-refractivity contribution in [2.24, 2.45) is 0 Å². The molecule has 0 saturated heterocycles. The highest BCUT2D eigenvalue weighted by Gasteiger charge is 2.23. The molecule has 3 heteroatoms. The molecule has 0 aromatic heterocycles. The van der Waals surface area contributed by atoms with Crippen LogP contribution in [0.2, 0.25) is 0 Å². The van der Waals surface area contributed by atoms with Crippen LogP contribution in [0.4, 0.5) is 8.78 Å². The molecular weight excluding hydrogens is 114 g/mol. The van der Waals surface area contributed by atoms with Crippen LogP contribution in [-0.4, -0.2) is 12.7 Å². The Bertz CT molecular complexity index is 68.8. The second kappa shape index (κ2) is 2.40. The van der Waals surface area contributed by atoms with Gasteiger partial charge in [0.2, 0.25) is 0 Å². The summed E-state index contributed by atoms with van der Waals surface area (Å²) in [6.07, 6.45) is 0.411. The summed E-state index contributed by atoms with van der Waals surface area (Å²) in [6, 6.07) is 0. The van der Waals surface area contributed by atoms with Gasteiger partial charge in [0.1, 0.15) is 6.61 Å². The SMILES string of the molecule is F[C](F)COC1CC1. The minimum atomic E-state index is -1.63. The molecule has 0 bridgehead atoms. The Labute approximate surface area is 46.6 Å². The zero-order valence-electron chi connectivity index (χ0n) is 4.36. The van der Waals surface area contributed by atoms with Crippen LogP contribution < -0.4 is 0 Å². The average molecular weight is 121 g/mol. The molecule has 8 heavy (non-hydrogen) atoms. The Kier molecular flexibility index (Phi) is 1.78. The molecule has 0 N–H and O–H groups in total. The molecule has 47 valence electrons. The number of hydrogen-bond acceptors (Lipinski definition) is 1. The monoisotopic (exact) mass is 121 g/mol. The third kappa shape index (κ3) is 2.21. The van der Waals surface area contributed by atoms with Crippen LogP contribution in [0, 0.1) is 6.43 Å². The van der Waals surface area contributed by atoms with Gasteiger partial charge in [-0.1, -0.05) is 0 Å². The lowest BCUT2D eigenvalue weighted by Crippen LogP contribution is -1.98. The molecule has 0 aliphatic heterocycles. The minimum absolute atomic E-state index is 0.136. The maximum Gasteiger partial charge on any atom is 0.335 e. The number of rotatable bonds is 3. The molecule has 0 atom stereocenters. The summed E-state index contributed by atoms with van der Waals surface area (Å²) in [7, 11) is 0. The van der Waals surface area contributed by atoms with E-state index in [0.717, 1.165) is 12.8 Å². The van der Waals surface area contributed by atoms with Gasteiger partial charge in [-0.2, -0.15) is 8.78 Å². The first-order valence-corrected chi connectivity index (χ1v) is 2.57. The summed E-state index contributed by atoms with van der Waals surface area (Å²) >= 11 is 0. The lowest BCUT2D eigenvalue weighted by molar-refractivity contribution is 0.0717. The first-order valence-electron chi connectivity index (χ1n) is 2.57. The molecule has 1 rings (SSSR count). The maximum absolute atomic E-state index is 11.2. The third-order valence-electron chi connectivity index (χ3n) is 0.953. The molecule has 0 heterocycles. The van der Waals surface area contributed by atoms with Crippen LogP contribution in [0.15, 0.2) is 0 Å². The first-order chi connectivity index (χ1) is 3.79. The summed E-state index contributed by atoms with van der Waals surface area (Å²) < 4.78 is 27.1. The van der Waals surface area contributed by atoms with Crippen molar-refractivity contribution in [3.8, 4) is 0 Å². The van der Waals surface area contributed by atoms with Crippen LogP contribution in [0.3, 0.4) is 0 Å². The Morgan fingerprint density at radius 3 is 2.50 bits per heavy atom. The Morgan fingerprint density at radius 2 is 2.12 bits per heavy atom. The summed E-state index contributed by atoms with van der Waals surface area (Å²) in [5.74, 6) is 0. The predicted molar refractivity (Wildman–Crippen MR) is 24.4 cm³/mol. The normalized spacial score (nSPS) is 19.9. The Morgan fingerprint density at radius 1 is 1.50 bits per heavy atom. The molecule has 0 aromatic rings. The van der Waals surface area contributed by atoms with Gasteiger partial charge in [0, 0.05) is 0 Å². The molecule has 0 amide bonds. The lowest BCUT2D eigenvalue weighted by Gasteiger charge is -1.95. The van der Waals surface area contributed by atoms with Crippen molar-refractivity contribution in [2.45, 2.75) is 18.9 Å². The summed E-state index contributed by atoms with van der Waals surface area (Å²) in [5, 5.41) is 0. The highest BCUT2D eigenvalue weighted by molar-refractivity contribution is 4.74. The van der Waals surface area contributed by atoms with E-state index in [1.54, 1.807) is 0 Å². The fourth-order valence-electron chi connectivity index (χ4n) is 0.416. The summed E-state index contributed by atoms with van der Waals surface area (Å²) in [5.41, 5.74) is 0. The Balaban J connectivity index is 1.87. The predicted octanol–water partition coefficient (Wildman–Crippen LogP) is 1.59. The minimum Gasteiger partial charge on any atom is -0.372 e. The van der Waals surface area contributed by atoms with Crippen molar-refractivity contribution >= 4 is 0 Å². The second-order valence-electron chi connectivity index (χ2n) is 1.85. The van der Waals surface area contributed by atoms with Gasteiger partial charge in [-0.15, -0.1) is 0 Å². The standard InChI is InChI=1S/C5H7F2O/c6-5(7)3-8-4-1-2-4/h4H,1-3H2. The second-order valence-corrected chi connectivity index (χ2v) is 1.85. The van der Waals surface area contributed by atoms with E-state index in [1.165, 1.54) is 0 Å². The van der Waals surface area contributed by atoms with Crippen molar-refractivity contribution in [1.82, 2.24) is 0 Å². The third-order valence-corrected chi connectivity index (χ3v) is 0.953. The molecule has 1 aliphatic carbocycles. The van der Waals surface area contributed by atoms with E-state index in [-0.39, 0.29) is 6.10 Å². The summed E-state index contributed by atoms with van der Waals surface area (Å²) in [4.78, 5) is 0. The van der Waals surface area contributed by atoms with Crippen LogP contribution in [0.25, 0.3) is 0 Å². The van der Waals surface area contributed by atoms with E-state index in [4.69, 9.17) is 0 Å². The van der Waals surface area contributed by atoms with E-state index in [9.17, 15) is 8.78 Å². The largest absolute Gasteiger partial charge is 0.372 e. The molecule has 1 fully saturated rings. The van der Waals surface area contributed by atoms with E-state index in [0.29, 0.717) is 0 Å². The highest BCUT2D eigenvalue weighted by atomic mass is 19.3. The zero-order chi connectivity index (χ0) is 5.98. The topological polar surface area (TPSA) is 9.23 Å². The number of halogens is 2. The van der Waals surface area contributed by atoms with E-state index >= 15 is 0 Å². The molecule has 0 aromatic carbocycles. The van der Waals surface area contributed by atoms with Gasteiger partial charge in [0.05, 0.1) is 6.10 Å². The van der Waals surface area contributed by atoms with Crippen LogP contribution in [0.5, 0.6) is 0 Å². The van der Waals surface area contributed by atoms with Crippen molar-refractivity contribution in [3.05, 3.63) is 6.43 Å². The van der Waals surface area contributed by atoms with Crippen molar-refractivity contribution in [3.63, 3.8) is 0 Å². The molecule has 1 radical (unpaired) electrons. The van der Waals surface area contributed by atoms with Gasteiger partial charge in [-0.3, -0.25) is 0 Å². The molecule has 1 aliphatic rings. The summed E-state index contributed by atoms with van der Waals surface area (Å²) in [6.45, 7) is -0.468. The van der Waals surface area contributed by atoms with E-state index < -0.39 is 13.0 Å². The molecule has 1 nitrogen and oxygen atoms in total.